The van der Waals surface area contributed by atoms with Crippen molar-refractivity contribution in [3.8, 4) is 5.69 Å². The number of rotatable bonds is 5. The molecule has 0 aliphatic carbocycles. The van der Waals surface area contributed by atoms with Crippen molar-refractivity contribution in [2.75, 3.05) is 18.4 Å². The number of carbonyl (C=O) groups is 2. The summed E-state index contributed by atoms with van der Waals surface area (Å²) in [6, 6.07) is 19.0. The van der Waals surface area contributed by atoms with Crippen molar-refractivity contribution in [3.05, 3.63) is 78.6 Å². The highest BCUT2D eigenvalue weighted by Crippen LogP contribution is 2.18. The summed E-state index contributed by atoms with van der Waals surface area (Å²) in [4.78, 5) is 26.9. The van der Waals surface area contributed by atoms with E-state index in [-0.39, 0.29) is 17.9 Å². The quantitative estimate of drug-likeness (QED) is 0.685. The van der Waals surface area contributed by atoms with Crippen LogP contribution in [-0.4, -0.2) is 39.7 Å². The van der Waals surface area contributed by atoms with Gasteiger partial charge in [-0.05, 0) is 48.7 Å². The van der Waals surface area contributed by atoms with E-state index in [4.69, 9.17) is 0 Å². The second-order valence-electron chi connectivity index (χ2n) is 7.42. The largest absolute Gasteiger partial charge is 0.352 e. The highest BCUT2D eigenvalue weighted by Gasteiger charge is 2.28. The lowest BCUT2D eigenvalue weighted by molar-refractivity contribution is -0.126. The number of amides is 3. The zero-order valence-corrected chi connectivity index (χ0v) is 16.7. The van der Waals surface area contributed by atoms with E-state index in [1.807, 2.05) is 66.9 Å². The standard InChI is InChI=1S/C23H25N5O2/c29-22(24-16-18-9-11-21(12-10-18)28-15-5-13-25-28)19-6-4-14-27(17-19)23(30)26-20-7-2-1-3-8-20/h1-3,5,7-13,15,19H,4,6,14,16-17H2,(H,24,29)(H,26,30). The van der Waals surface area contributed by atoms with Crippen LogP contribution in [0.5, 0.6) is 0 Å². The second-order valence-corrected chi connectivity index (χ2v) is 7.42. The van der Waals surface area contributed by atoms with Crippen LogP contribution in [0.4, 0.5) is 10.5 Å². The van der Waals surface area contributed by atoms with Crippen molar-refractivity contribution in [1.82, 2.24) is 20.0 Å². The SMILES string of the molecule is O=C(NCc1ccc(-n2cccn2)cc1)C1CCCN(C(=O)Nc2ccccc2)C1. The first-order valence-corrected chi connectivity index (χ1v) is 10.2. The Balaban J connectivity index is 1.28. The van der Waals surface area contributed by atoms with Gasteiger partial charge in [0.25, 0.3) is 0 Å². The molecule has 3 amide bonds. The number of likely N-dealkylation sites (tertiary alicyclic amines) is 1. The van der Waals surface area contributed by atoms with Gasteiger partial charge in [0, 0.05) is 37.7 Å². The van der Waals surface area contributed by atoms with Crippen LogP contribution in [0.1, 0.15) is 18.4 Å². The molecule has 1 aromatic heterocycles. The Morgan fingerprint density at radius 3 is 2.57 bits per heavy atom. The number of carbonyl (C=O) groups excluding carboxylic acids is 2. The molecule has 3 aromatic rings. The number of hydrogen-bond donors (Lipinski definition) is 2. The molecule has 154 valence electrons. The number of aromatic nitrogens is 2. The van der Waals surface area contributed by atoms with Crippen molar-refractivity contribution in [1.29, 1.82) is 0 Å². The van der Waals surface area contributed by atoms with Gasteiger partial charge >= 0.3 is 6.03 Å². The number of nitrogens with zero attached hydrogens (tertiary/aromatic N) is 3. The molecule has 0 radical (unpaired) electrons. The van der Waals surface area contributed by atoms with Gasteiger partial charge in [0.15, 0.2) is 0 Å². The zero-order valence-electron chi connectivity index (χ0n) is 16.7. The van der Waals surface area contributed by atoms with Crippen LogP contribution >= 0.6 is 0 Å². The lowest BCUT2D eigenvalue weighted by Crippen LogP contribution is -2.46. The summed E-state index contributed by atoms with van der Waals surface area (Å²) in [5.74, 6) is -0.202. The molecule has 0 spiro atoms. The number of nitrogens with one attached hydrogen (secondary N) is 2. The molecule has 2 heterocycles. The summed E-state index contributed by atoms with van der Waals surface area (Å²) in [5.41, 5.74) is 2.75. The Bertz CT molecular complexity index is 971. The van der Waals surface area contributed by atoms with Crippen LogP contribution in [-0.2, 0) is 11.3 Å². The number of benzene rings is 2. The predicted molar refractivity (Wildman–Crippen MR) is 115 cm³/mol. The fourth-order valence-corrected chi connectivity index (χ4v) is 3.62. The molecule has 1 aliphatic heterocycles. The van der Waals surface area contributed by atoms with Crippen LogP contribution in [0.25, 0.3) is 5.69 Å². The Labute approximate surface area is 175 Å². The molecular weight excluding hydrogens is 378 g/mol. The lowest BCUT2D eigenvalue weighted by atomic mass is 9.97. The van der Waals surface area contributed by atoms with Crippen molar-refractivity contribution in [3.63, 3.8) is 0 Å². The van der Waals surface area contributed by atoms with E-state index in [1.165, 1.54) is 0 Å². The Kier molecular flexibility index (Phi) is 6.08. The fraction of sp³-hybridized carbons (Fsp3) is 0.261. The predicted octanol–water partition coefficient (Wildman–Crippen LogP) is 3.43. The van der Waals surface area contributed by atoms with Gasteiger partial charge in [0.05, 0.1) is 11.6 Å². The molecule has 1 fully saturated rings. The Hall–Kier alpha value is -3.61. The molecule has 4 rings (SSSR count). The average molecular weight is 403 g/mol. The van der Waals surface area contributed by atoms with Crippen LogP contribution in [0.3, 0.4) is 0 Å². The Morgan fingerprint density at radius 2 is 1.83 bits per heavy atom. The summed E-state index contributed by atoms with van der Waals surface area (Å²) >= 11 is 0. The van der Waals surface area contributed by atoms with Gasteiger partial charge in [-0.25, -0.2) is 9.48 Å². The lowest BCUT2D eigenvalue weighted by Gasteiger charge is -2.32. The minimum absolute atomic E-state index is 0.0108. The number of urea groups is 1. The van der Waals surface area contributed by atoms with E-state index >= 15 is 0 Å². The first-order valence-electron chi connectivity index (χ1n) is 10.2. The summed E-state index contributed by atoms with van der Waals surface area (Å²) in [6.07, 6.45) is 5.24. The van der Waals surface area contributed by atoms with Gasteiger partial charge in [-0.3, -0.25) is 4.79 Å². The van der Waals surface area contributed by atoms with E-state index in [1.54, 1.807) is 15.8 Å². The first kappa shape index (κ1) is 19.7. The highest BCUT2D eigenvalue weighted by atomic mass is 16.2. The number of anilines is 1. The van der Waals surface area contributed by atoms with E-state index in [9.17, 15) is 9.59 Å². The maximum atomic E-state index is 12.7. The number of para-hydroxylation sites is 1. The monoisotopic (exact) mass is 403 g/mol. The first-order chi connectivity index (χ1) is 14.7. The van der Waals surface area contributed by atoms with E-state index in [0.717, 1.165) is 29.8 Å². The third-order valence-electron chi connectivity index (χ3n) is 5.28. The van der Waals surface area contributed by atoms with Crippen LogP contribution in [0.2, 0.25) is 0 Å². The Morgan fingerprint density at radius 1 is 1.03 bits per heavy atom. The van der Waals surface area contributed by atoms with Crippen molar-refractivity contribution in [2.45, 2.75) is 19.4 Å². The van der Waals surface area contributed by atoms with Gasteiger partial charge in [-0.1, -0.05) is 30.3 Å². The molecule has 1 saturated heterocycles. The summed E-state index contributed by atoms with van der Waals surface area (Å²) in [5, 5.41) is 10.1. The normalized spacial score (nSPS) is 16.1. The highest BCUT2D eigenvalue weighted by molar-refractivity contribution is 5.90. The van der Waals surface area contributed by atoms with E-state index in [2.05, 4.69) is 15.7 Å². The molecule has 7 nitrogen and oxygen atoms in total. The van der Waals surface area contributed by atoms with Gasteiger partial charge in [-0.2, -0.15) is 5.10 Å². The van der Waals surface area contributed by atoms with Crippen molar-refractivity contribution < 1.29 is 9.59 Å². The van der Waals surface area contributed by atoms with Crippen molar-refractivity contribution >= 4 is 17.6 Å². The maximum Gasteiger partial charge on any atom is 0.321 e. The molecule has 1 aliphatic rings. The van der Waals surface area contributed by atoms with Gasteiger partial charge in [0.1, 0.15) is 0 Å². The summed E-state index contributed by atoms with van der Waals surface area (Å²) in [7, 11) is 0. The molecule has 0 bridgehead atoms. The van der Waals surface area contributed by atoms with Gasteiger partial charge < -0.3 is 15.5 Å². The third kappa shape index (κ3) is 4.86. The van der Waals surface area contributed by atoms with E-state index in [0.29, 0.717) is 19.6 Å². The molecule has 1 atom stereocenters. The van der Waals surface area contributed by atoms with Crippen molar-refractivity contribution in [2.24, 2.45) is 5.92 Å². The fourth-order valence-electron chi connectivity index (χ4n) is 3.62. The topological polar surface area (TPSA) is 79.3 Å². The summed E-state index contributed by atoms with van der Waals surface area (Å²) in [6.45, 7) is 1.56. The number of piperidine rings is 1. The smallest absolute Gasteiger partial charge is 0.321 e. The molecule has 2 aromatic carbocycles. The molecular formula is C23H25N5O2. The number of hydrogen-bond acceptors (Lipinski definition) is 3. The molecule has 2 N–H and O–H groups in total. The van der Waals surface area contributed by atoms with Crippen LogP contribution < -0.4 is 10.6 Å². The third-order valence-corrected chi connectivity index (χ3v) is 5.28. The van der Waals surface area contributed by atoms with Gasteiger partial charge in [-0.15, -0.1) is 0 Å². The average Bonchev–Trinajstić information content (AvgIpc) is 3.33. The minimum atomic E-state index is -0.191. The summed E-state index contributed by atoms with van der Waals surface area (Å²) < 4.78 is 1.79. The molecule has 30 heavy (non-hydrogen) atoms. The van der Waals surface area contributed by atoms with Gasteiger partial charge in [0.2, 0.25) is 5.91 Å². The molecule has 1 unspecified atom stereocenters. The minimum Gasteiger partial charge on any atom is -0.352 e. The second kappa shape index (κ2) is 9.26. The van der Waals surface area contributed by atoms with Crippen LogP contribution in [0.15, 0.2) is 73.1 Å². The molecule has 0 saturated carbocycles. The van der Waals surface area contributed by atoms with E-state index < -0.39 is 0 Å². The van der Waals surface area contributed by atoms with Crippen LogP contribution in [0, 0.1) is 5.92 Å². The zero-order chi connectivity index (χ0) is 20.8. The maximum absolute atomic E-state index is 12.7. The molecule has 7 heteroatoms.